The van der Waals surface area contributed by atoms with E-state index in [-0.39, 0.29) is 22.2 Å². The van der Waals surface area contributed by atoms with Gasteiger partial charge in [-0.05, 0) is 60.7 Å². The lowest BCUT2D eigenvalue weighted by atomic mass is 10.2. The number of nitrogens with one attached hydrogen (secondary N) is 2. The number of sulfonamides is 1. The SMILES string of the molecule is O=C(NS(=O)(=O)c1ccccc1)c1ccc(Nc2nc(-c3ccccc3)n(-c3ccc(F)cc3)n2)cc1. The Morgan fingerprint density at radius 2 is 1.41 bits per heavy atom. The van der Waals surface area contributed by atoms with Gasteiger partial charge >= 0.3 is 0 Å². The van der Waals surface area contributed by atoms with Gasteiger partial charge in [0.2, 0.25) is 5.95 Å². The summed E-state index contributed by atoms with van der Waals surface area (Å²) in [6, 6.07) is 29.2. The van der Waals surface area contributed by atoms with Crippen molar-refractivity contribution < 1.29 is 17.6 Å². The van der Waals surface area contributed by atoms with Crippen molar-refractivity contribution in [2.24, 2.45) is 0 Å². The first-order valence-electron chi connectivity index (χ1n) is 11.2. The van der Waals surface area contributed by atoms with Crippen LogP contribution < -0.4 is 10.0 Å². The van der Waals surface area contributed by atoms with Gasteiger partial charge in [-0.25, -0.2) is 22.2 Å². The minimum atomic E-state index is -3.99. The van der Waals surface area contributed by atoms with Crippen LogP contribution in [0.4, 0.5) is 16.0 Å². The second kappa shape index (κ2) is 10.0. The van der Waals surface area contributed by atoms with Gasteiger partial charge in [0.25, 0.3) is 15.9 Å². The van der Waals surface area contributed by atoms with E-state index in [1.165, 1.54) is 36.4 Å². The molecule has 0 bridgehead atoms. The number of halogens is 1. The average Bonchev–Trinajstić information content (AvgIpc) is 3.34. The fourth-order valence-electron chi connectivity index (χ4n) is 3.58. The molecule has 0 atom stereocenters. The smallest absolute Gasteiger partial charge is 0.264 e. The Balaban J connectivity index is 1.37. The molecule has 4 aromatic carbocycles. The number of hydrogen-bond donors (Lipinski definition) is 2. The number of anilines is 2. The molecule has 5 aromatic rings. The van der Waals surface area contributed by atoms with E-state index in [0.717, 1.165) is 5.56 Å². The summed E-state index contributed by atoms with van der Waals surface area (Å²) < 4.78 is 42.0. The maximum atomic E-state index is 13.5. The first-order valence-corrected chi connectivity index (χ1v) is 12.6. The van der Waals surface area contributed by atoms with Crippen LogP contribution in [0.5, 0.6) is 0 Å². The molecule has 0 fully saturated rings. The van der Waals surface area contributed by atoms with Gasteiger partial charge in [0, 0.05) is 16.8 Å². The Morgan fingerprint density at radius 1 is 0.784 bits per heavy atom. The maximum absolute atomic E-state index is 13.5. The summed E-state index contributed by atoms with van der Waals surface area (Å²) in [5.41, 5.74) is 2.20. The van der Waals surface area contributed by atoms with Crippen LogP contribution in [0.25, 0.3) is 17.1 Å². The molecule has 0 radical (unpaired) electrons. The van der Waals surface area contributed by atoms with Gasteiger partial charge in [-0.1, -0.05) is 48.5 Å². The summed E-state index contributed by atoms with van der Waals surface area (Å²) in [4.78, 5) is 17.1. The topological polar surface area (TPSA) is 106 Å². The summed E-state index contributed by atoms with van der Waals surface area (Å²) >= 11 is 0. The van der Waals surface area contributed by atoms with Gasteiger partial charge in [-0.3, -0.25) is 4.79 Å². The van der Waals surface area contributed by atoms with Crippen molar-refractivity contribution in [1.82, 2.24) is 19.5 Å². The molecule has 0 saturated heterocycles. The van der Waals surface area contributed by atoms with Crippen molar-refractivity contribution >= 4 is 27.6 Å². The lowest BCUT2D eigenvalue weighted by Crippen LogP contribution is -2.30. The summed E-state index contributed by atoms with van der Waals surface area (Å²) in [5.74, 6) is -0.270. The van der Waals surface area contributed by atoms with Crippen LogP contribution in [0.3, 0.4) is 0 Å². The molecule has 184 valence electrons. The molecule has 2 N–H and O–H groups in total. The Kier molecular flexibility index (Phi) is 6.48. The van der Waals surface area contributed by atoms with Crippen molar-refractivity contribution in [2.75, 3.05) is 5.32 Å². The van der Waals surface area contributed by atoms with Crippen LogP contribution in [0.1, 0.15) is 10.4 Å². The van der Waals surface area contributed by atoms with E-state index in [9.17, 15) is 17.6 Å². The lowest BCUT2D eigenvalue weighted by Gasteiger charge is -2.08. The number of aromatic nitrogens is 3. The molecule has 0 unspecified atom stereocenters. The predicted molar refractivity (Wildman–Crippen MR) is 138 cm³/mol. The van der Waals surface area contributed by atoms with Gasteiger partial charge in [-0.15, -0.1) is 5.10 Å². The molecular weight excluding hydrogens is 493 g/mol. The van der Waals surface area contributed by atoms with Crippen molar-refractivity contribution in [3.63, 3.8) is 0 Å². The summed E-state index contributed by atoms with van der Waals surface area (Å²) in [5, 5.41) is 7.62. The molecule has 0 aliphatic heterocycles. The zero-order valence-electron chi connectivity index (χ0n) is 19.2. The molecule has 8 nitrogen and oxygen atoms in total. The van der Waals surface area contributed by atoms with Crippen LogP contribution in [0.15, 0.2) is 114 Å². The fraction of sp³-hybridized carbons (Fsp3) is 0. The van der Waals surface area contributed by atoms with Gasteiger partial charge in [0.05, 0.1) is 10.6 Å². The summed E-state index contributed by atoms with van der Waals surface area (Å²) in [6.07, 6.45) is 0. The van der Waals surface area contributed by atoms with Gasteiger partial charge < -0.3 is 5.32 Å². The van der Waals surface area contributed by atoms with Gasteiger partial charge in [0.1, 0.15) is 5.82 Å². The second-order valence-electron chi connectivity index (χ2n) is 7.96. The largest absolute Gasteiger partial charge is 0.323 e. The molecule has 0 aliphatic rings. The molecule has 1 heterocycles. The molecule has 37 heavy (non-hydrogen) atoms. The predicted octanol–water partition coefficient (Wildman–Crippen LogP) is 4.94. The van der Waals surface area contributed by atoms with Gasteiger partial charge in [0.15, 0.2) is 5.82 Å². The zero-order chi connectivity index (χ0) is 25.8. The molecule has 10 heteroatoms. The summed E-state index contributed by atoms with van der Waals surface area (Å²) in [6.45, 7) is 0. The first-order chi connectivity index (χ1) is 17.9. The minimum absolute atomic E-state index is 0.00123. The highest BCUT2D eigenvalue weighted by Gasteiger charge is 2.19. The fourth-order valence-corrected chi connectivity index (χ4v) is 4.57. The zero-order valence-corrected chi connectivity index (χ0v) is 20.1. The van der Waals surface area contributed by atoms with Crippen LogP contribution in [-0.4, -0.2) is 29.1 Å². The van der Waals surface area contributed by atoms with Crippen LogP contribution in [0, 0.1) is 5.82 Å². The maximum Gasteiger partial charge on any atom is 0.264 e. The van der Waals surface area contributed by atoms with Crippen molar-refractivity contribution in [1.29, 1.82) is 0 Å². The number of carbonyl (C=O) groups is 1. The highest BCUT2D eigenvalue weighted by molar-refractivity contribution is 7.90. The van der Waals surface area contributed by atoms with Gasteiger partial charge in [-0.2, -0.15) is 4.98 Å². The summed E-state index contributed by atoms with van der Waals surface area (Å²) in [7, 11) is -3.99. The quantitative estimate of drug-likeness (QED) is 0.320. The number of hydrogen-bond acceptors (Lipinski definition) is 6. The Morgan fingerprint density at radius 3 is 2.05 bits per heavy atom. The Bertz CT molecular complexity index is 1640. The average molecular weight is 514 g/mol. The third-order valence-corrected chi connectivity index (χ3v) is 6.74. The molecular formula is C27H20FN5O3S. The lowest BCUT2D eigenvalue weighted by molar-refractivity contribution is 0.0981. The minimum Gasteiger partial charge on any atom is -0.323 e. The van der Waals surface area contributed by atoms with E-state index in [1.54, 1.807) is 47.1 Å². The molecule has 0 aliphatic carbocycles. The highest BCUT2D eigenvalue weighted by Crippen LogP contribution is 2.24. The van der Waals surface area contributed by atoms with Crippen molar-refractivity contribution in [3.05, 3.63) is 121 Å². The molecule has 1 aromatic heterocycles. The Hall–Kier alpha value is -4.83. The van der Waals surface area contributed by atoms with E-state index in [2.05, 4.69) is 20.1 Å². The number of carbonyl (C=O) groups excluding carboxylic acids is 1. The third kappa shape index (κ3) is 5.39. The Labute approximate surface area is 212 Å². The van der Waals surface area contributed by atoms with E-state index in [0.29, 0.717) is 17.2 Å². The van der Waals surface area contributed by atoms with Crippen molar-refractivity contribution in [3.8, 4) is 17.1 Å². The normalized spacial score (nSPS) is 11.2. The first kappa shape index (κ1) is 23.9. The van der Waals surface area contributed by atoms with Crippen LogP contribution in [0.2, 0.25) is 0 Å². The second-order valence-corrected chi connectivity index (χ2v) is 9.65. The highest BCUT2D eigenvalue weighted by atomic mass is 32.2. The van der Waals surface area contributed by atoms with Crippen molar-refractivity contribution in [2.45, 2.75) is 4.90 Å². The number of nitrogens with zero attached hydrogens (tertiary/aromatic N) is 3. The number of rotatable bonds is 7. The van der Waals surface area contributed by atoms with E-state index >= 15 is 0 Å². The number of benzene rings is 4. The van der Waals surface area contributed by atoms with Crippen LogP contribution >= 0.6 is 0 Å². The van der Waals surface area contributed by atoms with E-state index in [1.807, 2.05) is 30.3 Å². The standard InChI is InChI=1S/C27H20FN5O3S/c28-21-13-17-23(18-14-21)33-25(19-7-3-1-4-8-19)30-27(31-33)29-22-15-11-20(12-16-22)26(34)32-37(35,36)24-9-5-2-6-10-24/h1-18H,(H,29,31)(H,32,34). The van der Waals surface area contributed by atoms with Crippen LogP contribution in [-0.2, 0) is 10.0 Å². The number of amides is 1. The molecule has 0 saturated carbocycles. The van der Waals surface area contributed by atoms with E-state index < -0.39 is 15.9 Å². The monoisotopic (exact) mass is 513 g/mol. The molecule has 5 rings (SSSR count). The molecule has 1 amide bonds. The van der Waals surface area contributed by atoms with E-state index in [4.69, 9.17) is 0 Å². The third-order valence-electron chi connectivity index (χ3n) is 5.39. The molecule has 0 spiro atoms.